The summed E-state index contributed by atoms with van der Waals surface area (Å²) in [4.78, 5) is 39.5. The molecule has 0 aliphatic heterocycles. The summed E-state index contributed by atoms with van der Waals surface area (Å²) in [5.74, 6) is -10.6. The average Bonchev–Trinajstić information content (AvgIpc) is 3.11. The van der Waals surface area contributed by atoms with E-state index in [1.807, 2.05) is 12.1 Å². The van der Waals surface area contributed by atoms with Gasteiger partial charge in [-0.25, -0.2) is 17.2 Å². The molecule has 12 aliphatic rings. The Balaban J connectivity index is 1.16. The predicted molar refractivity (Wildman–Crippen MR) is 181 cm³/mol. The number of carbonyl (C=O) groups excluding carboxylic acids is 3. The van der Waals surface area contributed by atoms with Gasteiger partial charge in [0.05, 0.1) is 0 Å². The van der Waals surface area contributed by atoms with Crippen molar-refractivity contribution in [2.45, 2.75) is 99.7 Å². The zero-order valence-corrected chi connectivity index (χ0v) is 30.4. The second-order valence-corrected chi connectivity index (χ2v) is 20.2. The summed E-state index contributed by atoms with van der Waals surface area (Å²) in [7, 11) is -5.95. The zero-order valence-electron chi connectivity index (χ0n) is 29.6. The van der Waals surface area contributed by atoms with Crippen LogP contribution in [0, 0.1) is 94.3 Å². The number of hydrogen-bond acceptors (Lipinski definition) is 7. The molecule has 14 rings (SSSR count). The molecular formula is C42H41F4O7S-. The molecule has 12 saturated carbocycles. The van der Waals surface area contributed by atoms with Crippen molar-refractivity contribution in [1.29, 1.82) is 0 Å². The van der Waals surface area contributed by atoms with Crippen molar-refractivity contribution in [2.75, 3.05) is 0 Å². The molecule has 12 aliphatic carbocycles. The molecule has 0 aromatic heterocycles. The summed E-state index contributed by atoms with van der Waals surface area (Å²) in [5, 5.41) is 0. The minimum Gasteiger partial charge on any atom is -0.744 e. The van der Waals surface area contributed by atoms with Crippen LogP contribution in [0.25, 0.3) is 0 Å². The van der Waals surface area contributed by atoms with Crippen molar-refractivity contribution in [3.8, 4) is 11.5 Å². The fourth-order valence-electron chi connectivity index (χ4n) is 14.9. The van der Waals surface area contributed by atoms with Crippen LogP contribution in [0.1, 0.15) is 111 Å². The summed E-state index contributed by atoms with van der Waals surface area (Å²) in [6.07, 6.45) is 9.43. The van der Waals surface area contributed by atoms with Gasteiger partial charge in [0.1, 0.15) is 38.1 Å². The largest absolute Gasteiger partial charge is 0.744 e. The molecule has 0 spiro atoms. The van der Waals surface area contributed by atoms with Crippen LogP contribution in [-0.2, 0) is 24.5 Å². The Morgan fingerprint density at radius 1 is 0.519 bits per heavy atom. The number of rotatable bonds is 6. The molecule has 7 nitrogen and oxygen atoms in total. The van der Waals surface area contributed by atoms with Crippen LogP contribution in [0.15, 0.2) is 17.0 Å². The number of ether oxygens (including phenoxy) is 1. The summed E-state index contributed by atoms with van der Waals surface area (Å²) in [6, 6.07) is 3.88. The molecule has 15 unspecified atom stereocenters. The molecule has 0 saturated heterocycles. The Hall–Kier alpha value is -3.12. The second-order valence-electron chi connectivity index (χ2n) is 18.9. The van der Waals surface area contributed by atoms with E-state index in [0.717, 1.165) is 56.9 Å². The Kier molecular flexibility index (Phi) is 7.26. The number of Topliss-reactive ketones (excluding diaryl/α,β-unsaturated/α-hetero) is 3. The van der Waals surface area contributed by atoms with E-state index in [1.165, 1.54) is 0 Å². The maximum atomic E-state index is 15.9. The van der Waals surface area contributed by atoms with Crippen LogP contribution in [0.2, 0.25) is 0 Å². The molecule has 2 aromatic rings. The van der Waals surface area contributed by atoms with Gasteiger partial charge in [-0.2, -0.15) is 8.78 Å². The molecule has 12 fully saturated rings. The molecule has 0 radical (unpaired) electrons. The van der Waals surface area contributed by atoms with Crippen molar-refractivity contribution in [3.63, 3.8) is 0 Å². The smallest absolute Gasteiger partial charge is 0.205 e. The highest BCUT2D eigenvalue weighted by Crippen LogP contribution is 2.65. The molecule has 0 N–H and O–H groups in total. The van der Waals surface area contributed by atoms with Crippen LogP contribution in [0.5, 0.6) is 11.5 Å². The van der Waals surface area contributed by atoms with Crippen molar-refractivity contribution < 1.29 is 49.7 Å². The van der Waals surface area contributed by atoms with E-state index in [1.54, 1.807) is 0 Å². The van der Waals surface area contributed by atoms with Gasteiger partial charge in [-0.15, -0.1) is 0 Å². The molecule has 0 amide bonds. The average molecular weight is 766 g/mol. The molecule has 0 heterocycles. The zero-order chi connectivity index (χ0) is 37.3. The van der Waals surface area contributed by atoms with Gasteiger partial charge in [-0.3, -0.25) is 14.4 Å². The first kappa shape index (κ1) is 34.2. The lowest BCUT2D eigenvalue weighted by molar-refractivity contribution is -0.142. The summed E-state index contributed by atoms with van der Waals surface area (Å²) in [6.45, 7) is 0. The lowest BCUT2D eigenvalue weighted by Gasteiger charge is -2.56. The molecule has 54 heavy (non-hydrogen) atoms. The van der Waals surface area contributed by atoms with Crippen molar-refractivity contribution in [2.24, 2.45) is 71.0 Å². The van der Waals surface area contributed by atoms with Gasteiger partial charge in [0.25, 0.3) is 0 Å². The lowest BCUT2D eigenvalue weighted by atomic mass is 9.48. The molecule has 12 heteroatoms. The quantitative estimate of drug-likeness (QED) is 0.166. The van der Waals surface area contributed by atoms with Crippen molar-refractivity contribution in [1.82, 2.24) is 0 Å². The van der Waals surface area contributed by atoms with E-state index in [4.69, 9.17) is 4.74 Å². The Labute approximate surface area is 310 Å². The van der Waals surface area contributed by atoms with Crippen LogP contribution in [0.4, 0.5) is 17.6 Å². The highest BCUT2D eigenvalue weighted by Gasteiger charge is 2.58. The third kappa shape index (κ3) is 4.67. The summed E-state index contributed by atoms with van der Waals surface area (Å²) < 4.78 is 104. The first-order valence-corrected chi connectivity index (χ1v) is 21.4. The van der Waals surface area contributed by atoms with Gasteiger partial charge in [0.2, 0.25) is 17.4 Å². The highest BCUT2D eigenvalue weighted by atomic mass is 32.2. The fraction of sp³-hybridized carbons (Fsp3) is 0.643. The van der Waals surface area contributed by atoms with Crippen LogP contribution < -0.4 is 4.74 Å². The molecule has 15 atom stereocenters. The Bertz CT molecular complexity index is 2090. The Morgan fingerprint density at radius 2 is 0.907 bits per heavy atom. The third-order valence-corrected chi connectivity index (χ3v) is 17.2. The first-order valence-electron chi connectivity index (χ1n) is 20.0. The topological polar surface area (TPSA) is 118 Å². The highest BCUT2D eigenvalue weighted by molar-refractivity contribution is 7.85. The van der Waals surface area contributed by atoms with E-state index in [0.29, 0.717) is 54.6 Å². The minimum absolute atomic E-state index is 0.0343. The number of carbonyl (C=O) groups is 3. The van der Waals surface area contributed by atoms with Crippen molar-refractivity contribution >= 4 is 27.5 Å². The number of ketones is 3. The van der Waals surface area contributed by atoms with Gasteiger partial charge in [0, 0.05) is 47.3 Å². The lowest BCUT2D eigenvalue weighted by Crippen LogP contribution is -2.51. The number of benzene rings is 2. The standard InChI is InChI=1S/C42H42F4O7S/c43-33-35(45)42(54(50,51)52)36(46)34(44)41(33)53-40-28(31-19-2-16-5-23(11-19)38(48)26(31)8-16)13-21(30-18-1-15-4-22(10-18)37(47)25(30)7-15)14-29(40)32-20-3-17-6-24(12-20)39(49)27(32)9-17/h13-20,22-27,30-32H,1-12H2,(H,50,51,52)/p-1. The van der Waals surface area contributed by atoms with Crippen LogP contribution in [-0.4, -0.2) is 30.3 Å². The molecule has 12 bridgehead atoms. The maximum Gasteiger partial charge on any atom is 0.205 e. The monoisotopic (exact) mass is 765 g/mol. The van der Waals surface area contributed by atoms with E-state index >= 15 is 17.6 Å². The van der Waals surface area contributed by atoms with Crippen LogP contribution >= 0.6 is 0 Å². The van der Waals surface area contributed by atoms with Gasteiger partial charge in [-0.1, -0.05) is 12.1 Å². The number of hydrogen-bond donors (Lipinski definition) is 0. The molecular weight excluding hydrogens is 725 g/mol. The van der Waals surface area contributed by atoms with Crippen molar-refractivity contribution in [3.05, 3.63) is 52.1 Å². The third-order valence-electron chi connectivity index (χ3n) is 16.3. The van der Waals surface area contributed by atoms with Gasteiger partial charge < -0.3 is 9.29 Å². The summed E-state index contributed by atoms with van der Waals surface area (Å²) in [5.41, 5.74) is 1.91. The Morgan fingerprint density at radius 3 is 1.31 bits per heavy atom. The van der Waals surface area contributed by atoms with E-state index < -0.39 is 67.7 Å². The normalized spacial score (nSPS) is 42.5. The minimum atomic E-state index is -5.95. The SMILES string of the molecule is O=C1C2CC3CC(C2)C(c2cc(C4C5CC6CC(C5)C(=O)C4C6)c(Oc4c(F)c(F)c(S(=O)(=O)[O-])c(F)c4F)c(C4C5CC6CC(C5)C(=O)C4C6)c2)C1C3. The van der Waals surface area contributed by atoms with E-state index in [-0.39, 0.29) is 70.4 Å². The van der Waals surface area contributed by atoms with E-state index in [9.17, 15) is 27.4 Å². The number of halogens is 4. The second kappa shape index (κ2) is 11.5. The van der Waals surface area contributed by atoms with E-state index in [2.05, 4.69) is 0 Å². The van der Waals surface area contributed by atoms with Gasteiger partial charge in [0.15, 0.2) is 11.6 Å². The fourth-order valence-corrected chi connectivity index (χ4v) is 15.5. The van der Waals surface area contributed by atoms with Gasteiger partial charge >= 0.3 is 0 Å². The summed E-state index contributed by atoms with van der Waals surface area (Å²) >= 11 is 0. The first-order chi connectivity index (χ1) is 25.7. The maximum absolute atomic E-state index is 15.9. The predicted octanol–water partition coefficient (Wildman–Crippen LogP) is 8.10. The van der Waals surface area contributed by atoms with Crippen LogP contribution in [0.3, 0.4) is 0 Å². The van der Waals surface area contributed by atoms with Gasteiger partial charge in [-0.05, 0) is 135 Å². The molecule has 2 aromatic carbocycles. The molecule has 286 valence electrons.